The van der Waals surface area contributed by atoms with Gasteiger partial charge >= 0.3 is 0 Å². The first kappa shape index (κ1) is 8.14. The van der Waals surface area contributed by atoms with Crippen LogP contribution in [0.4, 0.5) is 8.78 Å². The summed E-state index contributed by atoms with van der Waals surface area (Å²) >= 11 is 0.838. The lowest BCUT2D eigenvalue weighted by molar-refractivity contribution is 0.629. The molecule has 0 aliphatic rings. The molecule has 0 radical (unpaired) electrons. The van der Waals surface area contributed by atoms with E-state index in [9.17, 15) is 8.78 Å². The van der Waals surface area contributed by atoms with Crippen LogP contribution in [0.3, 0.4) is 0 Å². The number of benzene rings is 1. The predicted octanol–water partition coefficient (Wildman–Crippen LogP) is 3.05. The van der Waals surface area contributed by atoms with Gasteiger partial charge in [0, 0.05) is 10.1 Å². The molecule has 1 aromatic carbocycles. The van der Waals surface area contributed by atoms with E-state index in [1.807, 2.05) is 6.07 Å². The van der Waals surface area contributed by atoms with Gasteiger partial charge in [0.05, 0.1) is 11.6 Å². The molecule has 2 aromatic rings. The maximum atomic E-state index is 12.8. The Morgan fingerprint density at radius 1 is 1.23 bits per heavy atom. The van der Waals surface area contributed by atoms with Gasteiger partial charge in [-0.1, -0.05) is 0 Å². The van der Waals surface area contributed by atoms with Gasteiger partial charge in [-0.05, 0) is 18.2 Å². The molecule has 1 nitrogen and oxygen atoms in total. The molecule has 0 spiro atoms. The topological polar surface area (TPSA) is 23.8 Å². The van der Waals surface area contributed by atoms with Gasteiger partial charge < -0.3 is 0 Å². The van der Waals surface area contributed by atoms with E-state index >= 15 is 0 Å². The van der Waals surface area contributed by atoms with Gasteiger partial charge in [0.1, 0.15) is 5.82 Å². The van der Waals surface area contributed by atoms with E-state index < -0.39 is 10.9 Å². The fourth-order valence-electron chi connectivity index (χ4n) is 1.17. The highest BCUT2D eigenvalue weighted by Gasteiger charge is 2.07. The highest BCUT2D eigenvalue weighted by molar-refractivity contribution is 7.17. The number of fused-ring (bicyclic) bond motifs is 1. The number of nitriles is 1. The van der Waals surface area contributed by atoms with Gasteiger partial charge in [-0.3, -0.25) is 0 Å². The molecule has 0 unspecified atom stereocenters. The Balaban J connectivity index is 2.90. The van der Waals surface area contributed by atoms with Crippen molar-refractivity contribution in [3.05, 3.63) is 34.7 Å². The third-order valence-corrected chi connectivity index (χ3v) is 2.56. The summed E-state index contributed by atoms with van der Waals surface area (Å²) in [4.78, 5) is 0. The van der Waals surface area contributed by atoms with Crippen molar-refractivity contribution in [3.63, 3.8) is 0 Å². The molecular formula is C9H3F2NS. The summed E-state index contributed by atoms with van der Waals surface area (Å²) < 4.78 is 26.0. The summed E-state index contributed by atoms with van der Waals surface area (Å²) in [6.45, 7) is 0. The van der Waals surface area contributed by atoms with Crippen molar-refractivity contribution in [2.75, 3.05) is 0 Å². The van der Waals surface area contributed by atoms with Gasteiger partial charge in [0.15, 0.2) is 5.13 Å². The van der Waals surface area contributed by atoms with Gasteiger partial charge in [0.25, 0.3) is 0 Å². The standard InChI is InChI=1S/C9H3F2NS/c10-6-1-5(4-12)7-3-9(11)13-8(7)2-6/h1-3H. The first-order valence-electron chi connectivity index (χ1n) is 3.49. The molecule has 13 heavy (non-hydrogen) atoms. The molecule has 0 saturated heterocycles. The minimum absolute atomic E-state index is 0.176. The van der Waals surface area contributed by atoms with Crippen molar-refractivity contribution in [2.24, 2.45) is 0 Å². The minimum Gasteiger partial charge on any atom is -0.207 e. The van der Waals surface area contributed by atoms with Crippen LogP contribution in [0, 0.1) is 22.3 Å². The maximum absolute atomic E-state index is 12.8. The average molecular weight is 195 g/mol. The van der Waals surface area contributed by atoms with E-state index in [4.69, 9.17) is 5.26 Å². The summed E-state index contributed by atoms with van der Waals surface area (Å²) in [6, 6.07) is 5.40. The summed E-state index contributed by atoms with van der Waals surface area (Å²) in [5.74, 6) is -0.508. The third-order valence-electron chi connectivity index (χ3n) is 1.69. The van der Waals surface area contributed by atoms with Crippen molar-refractivity contribution >= 4 is 21.4 Å². The number of hydrogen-bond acceptors (Lipinski definition) is 2. The van der Waals surface area contributed by atoms with Crippen molar-refractivity contribution in [1.29, 1.82) is 5.26 Å². The number of rotatable bonds is 0. The average Bonchev–Trinajstić information content (AvgIpc) is 2.43. The summed E-state index contributed by atoms with van der Waals surface area (Å²) in [6.07, 6.45) is 0. The smallest absolute Gasteiger partial charge is 0.177 e. The summed E-state index contributed by atoms with van der Waals surface area (Å²) in [5, 5.41) is 8.71. The zero-order chi connectivity index (χ0) is 9.42. The van der Waals surface area contributed by atoms with E-state index in [-0.39, 0.29) is 5.56 Å². The number of thiophene rings is 1. The second-order valence-corrected chi connectivity index (χ2v) is 3.56. The number of nitrogens with zero attached hydrogens (tertiary/aromatic N) is 1. The van der Waals surface area contributed by atoms with Crippen LogP contribution in [0.25, 0.3) is 10.1 Å². The van der Waals surface area contributed by atoms with Crippen molar-refractivity contribution in [2.45, 2.75) is 0 Å². The number of halogens is 2. The Labute approximate surface area is 76.8 Å². The van der Waals surface area contributed by atoms with Crippen LogP contribution < -0.4 is 0 Å². The van der Waals surface area contributed by atoms with Crippen LogP contribution in [0.2, 0.25) is 0 Å². The monoisotopic (exact) mass is 195 g/mol. The van der Waals surface area contributed by atoms with E-state index in [1.54, 1.807) is 0 Å². The molecule has 0 bridgehead atoms. The molecule has 0 atom stereocenters. The Kier molecular flexibility index (Phi) is 1.74. The Bertz CT molecular complexity index is 510. The maximum Gasteiger partial charge on any atom is 0.177 e. The second-order valence-electron chi connectivity index (χ2n) is 2.53. The third kappa shape index (κ3) is 1.27. The van der Waals surface area contributed by atoms with E-state index in [0.29, 0.717) is 10.1 Å². The van der Waals surface area contributed by atoms with Gasteiger partial charge in [0.2, 0.25) is 0 Å². The molecule has 4 heteroatoms. The van der Waals surface area contributed by atoms with Crippen molar-refractivity contribution in [1.82, 2.24) is 0 Å². The van der Waals surface area contributed by atoms with Crippen LogP contribution in [-0.2, 0) is 0 Å². The first-order chi connectivity index (χ1) is 6.20. The van der Waals surface area contributed by atoms with Crippen LogP contribution >= 0.6 is 11.3 Å². The SMILES string of the molecule is N#Cc1cc(F)cc2sc(F)cc12. The Hall–Kier alpha value is -1.47. The first-order valence-corrected chi connectivity index (χ1v) is 4.31. The van der Waals surface area contributed by atoms with E-state index in [1.165, 1.54) is 12.1 Å². The molecule has 64 valence electrons. The highest BCUT2D eigenvalue weighted by atomic mass is 32.1. The predicted molar refractivity (Wildman–Crippen MR) is 46.5 cm³/mol. The number of hydrogen-bond donors (Lipinski definition) is 0. The fraction of sp³-hybridized carbons (Fsp3) is 0. The molecule has 0 aliphatic heterocycles. The zero-order valence-electron chi connectivity index (χ0n) is 6.34. The molecule has 0 aliphatic carbocycles. The van der Waals surface area contributed by atoms with Crippen LogP contribution in [0.1, 0.15) is 5.56 Å². The van der Waals surface area contributed by atoms with Crippen LogP contribution in [0.15, 0.2) is 18.2 Å². The molecule has 0 saturated carbocycles. The van der Waals surface area contributed by atoms with Gasteiger partial charge in [-0.2, -0.15) is 9.65 Å². The Morgan fingerprint density at radius 2 is 2.00 bits per heavy atom. The van der Waals surface area contributed by atoms with Crippen LogP contribution in [0.5, 0.6) is 0 Å². The summed E-state index contributed by atoms with van der Waals surface area (Å²) in [5.41, 5.74) is 0.176. The van der Waals surface area contributed by atoms with Crippen molar-refractivity contribution < 1.29 is 8.78 Å². The lowest BCUT2D eigenvalue weighted by Gasteiger charge is -1.92. The molecule has 0 N–H and O–H groups in total. The molecule has 2 rings (SSSR count). The summed E-state index contributed by atoms with van der Waals surface area (Å²) in [7, 11) is 0. The lowest BCUT2D eigenvalue weighted by Crippen LogP contribution is -1.78. The largest absolute Gasteiger partial charge is 0.207 e. The lowest BCUT2D eigenvalue weighted by atomic mass is 10.1. The van der Waals surface area contributed by atoms with Crippen molar-refractivity contribution in [3.8, 4) is 6.07 Å². The molecular weight excluding hydrogens is 192 g/mol. The molecule has 0 amide bonds. The zero-order valence-corrected chi connectivity index (χ0v) is 7.16. The quantitative estimate of drug-likeness (QED) is 0.633. The van der Waals surface area contributed by atoms with Gasteiger partial charge in [-0.25, -0.2) is 4.39 Å². The normalized spacial score (nSPS) is 10.2. The fourth-order valence-corrected chi connectivity index (χ4v) is 2.00. The molecule has 1 heterocycles. The van der Waals surface area contributed by atoms with E-state index in [0.717, 1.165) is 17.4 Å². The second kappa shape index (κ2) is 2.79. The molecule has 0 fully saturated rings. The van der Waals surface area contributed by atoms with Gasteiger partial charge in [-0.15, -0.1) is 11.3 Å². The van der Waals surface area contributed by atoms with Crippen LogP contribution in [-0.4, -0.2) is 0 Å². The highest BCUT2D eigenvalue weighted by Crippen LogP contribution is 2.27. The minimum atomic E-state index is -0.508. The van der Waals surface area contributed by atoms with E-state index in [2.05, 4.69) is 0 Å². The molecule has 1 aromatic heterocycles. The Morgan fingerprint density at radius 3 is 2.69 bits per heavy atom.